The molecule has 0 aliphatic rings. The Kier molecular flexibility index (Phi) is 11.7. The summed E-state index contributed by atoms with van der Waals surface area (Å²) in [5.41, 5.74) is 0. The highest BCUT2D eigenvalue weighted by Gasteiger charge is 1.92. The van der Waals surface area contributed by atoms with Gasteiger partial charge in [0.25, 0.3) is 0 Å². The third-order valence-electron chi connectivity index (χ3n) is 3.80. The molecular formula is C19H32S. The van der Waals surface area contributed by atoms with Crippen LogP contribution in [0, 0.1) is 0 Å². The number of rotatable bonds is 13. The Morgan fingerprint density at radius 2 is 1.45 bits per heavy atom. The zero-order valence-corrected chi connectivity index (χ0v) is 14.1. The second kappa shape index (κ2) is 13.4. The fourth-order valence-electron chi connectivity index (χ4n) is 2.51. The molecule has 0 saturated heterocycles. The Hall–Kier alpha value is -0.560. The lowest BCUT2D eigenvalue weighted by atomic mass is 10.1. The fraction of sp³-hybridized carbons (Fsp3) is 0.684. The molecule has 0 fully saturated rings. The number of thiophene rings is 1. The van der Waals surface area contributed by atoms with Crippen molar-refractivity contribution in [2.24, 2.45) is 0 Å². The first-order valence-corrected chi connectivity index (χ1v) is 9.51. The summed E-state index contributed by atoms with van der Waals surface area (Å²) in [5, 5.41) is 2.14. The first kappa shape index (κ1) is 17.5. The van der Waals surface area contributed by atoms with Crippen LogP contribution in [0.1, 0.15) is 88.9 Å². The quantitative estimate of drug-likeness (QED) is 0.331. The molecule has 0 aliphatic carbocycles. The van der Waals surface area contributed by atoms with E-state index in [1.807, 2.05) is 11.3 Å². The van der Waals surface area contributed by atoms with Gasteiger partial charge in [-0.05, 0) is 30.4 Å². The highest BCUT2D eigenvalue weighted by Crippen LogP contribution is 2.13. The SMILES string of the molecule is CCCCCCCCCCCCCC=Cc1cccs1. The summed E-state index contributed by atoms with van der Waals surface area (Å²) in [7, 11) is 0. The van der Waals surface area contributed by atoms with Gasteiger partial charge in [0, 0.05) is 4.88 Å². The lowest BCUT2D eigenvalue weighted by Gasteiger charge is -2.01. The highest BCUT2D eigenvalue weighted by atomic mass is 32.1. The molecule has 1 heteroatoms. The van der Waals surface area contributed by atoms with Crippen molar-refractivity contribution in [1.82, 2.24) is 0 Å². The predicted molar refractivity (Wildman–Crippen MR) is 94.4 cm³/mol. The maximum absolute atomic E-state index is 2.33. The van der Waals surface area contributed by atoms with Crippen molar-refractivity contribution in [2.45, 2.75) is 84.0 Å². The minimum atomic E-state index is 1.24. The molecule has 1 rings (SSSR count). The van der Waals surface area contributed by atoms with Crippen LogP contribution in [0.5, 0.6) is 0 Å². The topological polar surface area (TPSA) is 0 Å². The molecule has 0 aliphatic heterocycles. The summed E-state index contributed by atoms with van der Waals surface area (Å²) in [6.07, 6.45) is 21.6. The van der Waals surface area contributed by atoms with Crippen LogP contribution < -0.4 is 0 Å². The second-order valence-corrected chi connectivity index (χ2v) is 6.72. The fourth-order valence-corrected chi connectivity index (χ4v) is 3.16. The van der Waals surface area contributed by atoms with Gasteiger partial charge in [0.15, 0.2) is 0 Å². The van der Waals surface area contributed by atoms with Gasteiger partial charge in [0.1, 0.15) is 0 Å². The molecule has 20 heavy (non-hydrogen) atoms. The minimum Gasteiger partial charge on any atom is -0.144 e. The van der Waals surface area contributed by atoms with Crippen molar-refractivity contribution < 1.29 is 0 Å². The molecule has 0 N–H and O–H groups in total. The molecule has 1 aromatic rings. The first-order valence-electron chi connectivity index (χ1n) is 8.63. The van der Waals surface area contributed by atoms with E-state index in [0.29, 0.717) is 0 Å². The summed E-state index contributed by atoms with van der Waals surface area (Å²) < 4.78 is 0. The molecule has 0 atom stereocenters. The van der Waals surface area contributed by atoms with Crippen LogP contribution in [0.2, 0.25) is 0 Å². The minimum absolute atomic E-state index is 1.24. The largest absolute Gasteiger partial charge is 0.144 e. The maximum Gasteiger partial charge on any atom is 0.0267 e. The molecule has 1 heterocycles. The van der Waals surface area contributed by atoms with E-state index < -0.39 is 0 Å². The summed E-state index contributed by atoms with van der Waals surface area (Å²) in [5.74, 6) is 0. The van der Waals surface area contributed by atoms with Gasteiger partial charge in [-0.15, -0.1) is 11.3 Å². The zero-order chi connectivity index (χ0) is 14.3. The average molecular weight is 293 g/mol. The highest BCUT2D eigenvalue weighted by molar-refractivity contribution is 7.10. The monoisotopic (exact) mass is 292 g/mol. The van der Waals surface area contributed by atoms with Crippen LogP contribution in [0.3, 0.4) is 0 Å². The normalized spacial score (nSPS) is 11.4. The first-order chi connectivity index (χ1) is 9.93. The van der Waals surface area contributed by atoms with Crippen molar-refractivity contribution in [2.75, 3.05) is 0 Å². The molecule has 114 valence electrons. The Bertz CT molecular complexity index is 311. The van der Waals surface area contributed by atoms with E-state index in [9.17, 15) is 0 Å². The molecule has 0 nitrogen and oxygen atoms in total. The van der Waals surface area contributed by atoms with E-state index in [-0.39, 0.29) is 0 Å². The average Bonchev–Trinajstić information content (AvgIpc) is 2.97. The Morgan fingerprint density at radius 1 is 0.850 bits per heavy atom. The molecule has 1 aromatic heterocycles. The van der Waals surface area contributed by atoms with Crippen LogP contribution in [-0.2, 0) is 0 Å². The summed E-state index contributed by atoms with van der Waals surface area (Å²) in [4.78, 5) is 1.38. The Morgan fingerprint density at radius 3 is 2.00 bits per heavy atom. The van der Waals surface area contributed by atoms with Gasteiger partial charge in [-0.25, -0.2) is 0 Å². The van der Waals surface area contributed by atoms with E-state index in [1.54, 1.807) is 0 Å². The van der Waals surface area contributed by atoms with Crippen LogP contribution in [0.15, 0.2) is 23.6 Å². The van der Waals surface area contributed by atoms with E-state index >= 15 is 0 Å². The van der Waals surface area contributed by atoms with Crippen molar-refractivity contribution in [1.29, 1.82) is 0 Å². The van der Waals surface area contributed by atoms with Gasteiger partial charge in [-0.1, -0.05) is 83.3 Å². The van der Waals surface area contributed by atoms with Crippen LogP contribution >= 0.6 is 11.3 Å². The lowest BCUT2D eigenvalue weighted by molar-refractivity contribution is 0.550. The molecule has 0 bridgehead atoms. The van der Waals surface area contributed by atoms with E-state index in [2.05, 4.69) is 36.6 Å². The molecule has 0 aromatic carbocycles. The van der Waals surface area contributed by atoms with E-state index in [0.717, 1.165) is 0 Å². The van der Waals surface area contributed by atoms with E-state index in [1.165, 1.54) is 81.9 Å². The van der Waals surface area contributed by atoms with Crippen LogP contribution in [0.25, 0.3) is 6.08 Å². The third kappa shape index (κ3) is 10.3. The number of allylic oxidation sites excluding steroid dienone is 1. The molecule has 0 saturated carbocycles. The summed E-state index contributed by atoms with van der Waals surface area (Å²) in [6, 6.07) is 4.30. The predicted octanol–water partition coefficient (Wildman–Crippen LogP) is 7.46. The van der Waals surface area contributed by atoms with Gasteiger partial charge in [0.2, 0.25) is 0 Å². The summed E-state index contributed by atoms with van der Waals surface area (Å²) >= 11 is 1.82. The Labute approximate surface area is 130 Å². The lowest BCUT2D eigenvalue weighted by Crippen LogP contribution is -1.81. The molecule has 0 unspecified atom stereocenters. The Balaban J connectivity index is 1.76. The number of hydrogen-bond acceptors (Lipinski definition) is 1. The van der Waals surface area contributed by atoms with Gasteiger partial charge in [-0.3, -0.25) is 0 Å². The van der Waals surface area contributed by atoms with Crippen LogP contribution in [0.4, 0.5) is 0 Å². The molecule has 0 spiro atoms. The van der Waals surface area contributed by atoms with Gasteiger partial charge < -0.3 is 0 Å². The van der Waals surface area contributed by atoms with Crippen molar-refractivity contribution in [3.05, 3.63) is 28.5 Å². The molecule has 0 radical (unpaired) electrons. The van der Waals surface area contributed by atoms with Gasteiger partial charge >= 0.3 is 0 Å². The smallest absolute Gasteiger partial charge is 0.0267 e. The number of hydrogen-bond donors (Lipinski definition) is 0. The van der Waals surface area contributed by atoms with Crippen molar-refractivity contribution >= 4 is 17.4 Å². The summed E-state index contributed by atoms with van der Waals surface area (Å²) in [6.45, 7) is 2.29. The number of unbranched alkanes of at least 4 members (excludes halogenated alkanes) is 11. The van der Waals surface area contributed by atoms with E-state index in [4.69, 9.17) is 0 Å². The second-order valence-electron chi connectivity index (χ2n) is 5.74. The van der Waals surface area contributed by atoms with Gasteiger partial charge in [0.05, 0.1) is 0 Å². The van der Waals surface area contributed by atoms with Crippen molar-refractivity contribution in [3.8, 4) is 0 Å². The molecular weight excluding hydrogens is 260 g/mol. The maximum atomic E-state index is 2.33. The van der Waals surface area contributed by atoms with Gasteiger partial charge in [-0.2, -0.15) is 0 Å². The van der Waals surface area contributed by atoms with Crippen LogP contribution in [-0.4, -0.2) is 0 Å². The van der Waals surface area contributed by atoms with Crippen molar-refractivity contribution in [3.63, 3.8) is 0 Å². The molecule has 0 amide bonds. The zero-order valence-electron chi connectivity index (χ0n) is 13.3. The third-order valence-corrected chi connectivity index (χ3v) is 4.64. The standard InChI is InChI=1S/C19H32S/c1-2-3-4-5-6-7-8-9-10-11-12-13-14-16-19-17-15-18-20-19/h14-18H,2-13H2,1H3.